The van der Waals surface area contributed by atoms with Gasteiger partial charge in [0.25, 0.3) is 10.1 Å². The summed E-state index contributed by atoms with van der Waals surface area (Å²) in [6.45, 7) is 8.91. The second kappa shape index (κ2) is 3.86. The van der Waals surface area contributed by atoms with Gasteiger partial charge in [0, 0.05) is 0 Å². The quantitative estimate of drug-likeness (QED) is 0.556. The van der Waals surface area contributed by atoms with Gasteiger partial charge >= 0.3 is 0 Å². The molecule has 0 spiro atoms. The molecule has 2 atom stereocenters. The maximum absolute atomic E-state index is 11.2. The second-order valence-electron chi connectivity index (χ2n) is 5.72. The van der Waals surface area contributed by atoms with E-state index in [1.807, 2.05) is 0 Å². The van der Waals surface area contributed by atoms with Gasteiger partial charge in [-0.25, -0.2) is 0 Å². The van der Waals surface area contributed by atoms with Crippen LogP contribution in [0, 0.1) is 0 Å². The van der Waals surface area contributed by atoms with Gasteiger partial charge in [0.1, 0.15) is 0 Å². The molecule has 0 aromatic rings. The summed E-state index contributed by atoms with van der Waals surface area (Å²) in [5.74, 6) is 0. The van der Waals surface area contributed by atoms with E-state index in [0.717, 1.165) is 25.5 Å². The van der Waals surface area contributed by atoms with Crippen molar-refractivity contribution in [3.05, 3.63) is 0 Å². The molecule has 1 fully saturated rings. The van der Waals surface area contributed by atoms with E-state index in [1.54, 1.807) is 0 Å². The zero-order valence-corrected chi connectivity index (χ0v) is 12.1. The zero-order chi connectivity index (χ0) is 11.9. The van der Waals surface area contributed by atoms with Crippen LogP contribution in [0.2, 0.25) is 25.2 Å². The van der Waals surface area contributed by atoms with Gasteiger partial charge in [-0.2, -0.15) is 8.42 Å². The molecule has 0 N–H and O–H groups in total. The molecule has 0 aromatic heterocycles. The fourth-order valence-corrected chi connectivity index (χ4v) is 6.21. The summed E-state index contributed by atoms with van der Waals surface area (Å²) in [6, 6.07) is 0. The van der Waals surface area contributed by atoms with Crippen LogP contribution in [0.15, 0.2) is 0 Å². The Morgan fingerprint density at radius 3 is 2.20 bits per heavy atom. The number of hydrogen-bond acceptors (Lipinski definition) is 3. The highest BCUT2D eigenvalue weighted by atomic mass is 32.2. The van der Waals surface area contributed by atoms with Gasteiger partial charge in [-0.05, 0) is 18.4 Å². The summed E-state index contributed by atoms with van der Waals surface area (Å²) < 4.78 is 27.8. The van der Waals surface area contributed by atoms with Gasteiger partial charge < -0.3 is 0 Å². The molecule has 2 unspecified atom stereocenters. The molecule has 15 heavy (non-hydrogen) atoms. The number of rotatable bonds is 5. The van der Waals surface area contributed by atoms with Crippen LogP contribution in [0.3, 0.4) is 0 Å². The van der Waals surface area contributed by atoms with Crippen LogP contribution in [0.5, 0.6) is 0 Å². The highest BCUT2D eigenvalue weighted by molar-refractivity contribution is 7.86. The van der Waals surface area contributed by atoms with Gasteiger partial charge in [-0.1, -0.05) is 33.0 Å². The molecule has 1 aliphatic carbocycles. The van der Waals surface area contributed by atoms with Crippen molar-refractivity contribution in [1.29, 1.82) is 0 Å². The van der Waals surface area contributed by atoms with Crippen molar-refractivity contribution in [1.82, 2.24) is 0 Å². The average molecular weight is 250 g/mol. The van der Waals surface area contributed by atoms with Gasteiger partial charge in [-0.3, -0.25) is 4.18 Å². The van der Waals surface area contributed by atoms with E-state index in [-0.39, 0.29) is 5.60 Å². The molecule has 1 rings (SSSR count). The molecule has 0 heterocycles. The fraction of sp³-hybridized carbons (Fsp3) is 1.00. The largest absolute Gasteiger partial charge is 0.264 e. The highest BCUT2D eigenvalue weighted by Gasteiger charge is 2.61. The van der Waals surface area contributed by atoms with E-state index in [0.29, 0.717) is 5.54 Å². The lowest BCUT2D eigenvalue weighted by atomic mass is 10.2. The van der Waals surface area contributed by atoms with Crippen LogP contribution in [-0.4, -0.2) is 28.3 Å². The van der Waals surface area contributed by atoms with E-state index < -0.39 is 18.2 Å². The predicted octanol–water partition coefficient (Wildman–Crippen LogP) is 2.61. The maximum Gasteiger partial charge on any atom is 0.264 e. The van der Waals surface area contributed by atoms with Crippen LogP contribution in [0.1, 0.15) is 26.2 Å². The summed E-state index contributed by atoms with van der Waals surface area (Å²) in [4.78, 5) is 0. The van der Waals surface area contributed by atoms with Gasteiger partial charge in [0.2, 0.25) is 0 Å². The Balaban J connectivity index is 2.78. The molecule has 1 saturated carbocycles. The molecule has 0 aliphatic heterocycles. The first-order chi connectivity index (χ1) is 6.61. The molecule has 0 amide bonds. The van der Waals surface area contributed by atoms with E-state index >= 15 is 0 Å². The van der Waals surface area contributed by atoms with Crippen molar-refractivity contribution in [2.24, 2.45) is 0 Å². The van der Waals surface area contributed by atoms with Crippen LogP contribution >= 0.6 is 0 Å². The molecular formula is C10H22O3SSi. The lowest BCUT2D eigenvalue weighted by molar-refractivity contribution is 0.176. The lowest BCUT2D eigenvalue weighted by Crippen LogP contribution is -2.30. The minimum absolute atomic E-state index is 0.340. The molecule has 5 heteroatoms. The number of hydrogen-bond donors (Lipinski definition) is 0. The summed E-state index contributed by atoms with van der Waals surface area (Å²) in [6.07, 6.45) is 3.94. The van der Waals surface area contributed by atoms with Crippen molar-refractivity contribution < 1.29 is 12.6 Å². The second-order valence-corrected chi connectivity index (χ2v) is 12.7. The van der Waals surface area contributed by atoms with E-state index in [2.05, 4.69) is 26.6 Å². The summed E-state index contributed by atoms with van der Waals surface area (Å²) in [5, 5.41) is 0. The van der Waals surface area contributed by atoms with Gasteiger partial charge in [0.15, 0.2) is 0 Å². The molecule has 1 aliphatic rings. The maximum atomic E-state index is 11.2. The molecule has 0 saturated heterocycles. The third-order valence-electron chi connectivity index (χ3n) is 3.06. The lowest BCUT2D eigenvalue weighted by Gasteiger charge is -2.22. The monoisotopic (exact) mass is 250 g/mol. The van der Waals surface area contributed by atoms with E-state index in [4.69, 9.17) is 4.18 Å². The van der Waals surface area contributed by atoms with Crippen molar-refractivity contribution in [3.63, 3.8) is 0 Å². The van der Waals surface area contributed by atoms with Crippen LogP contribution in [0.25, 0.3) is 0 Å². The highest BCUT2D eigenvalue weighted by Crippen LogP contribution is 2.60. The van der Waals surface area contributed by atoms with E-state index in [9.17, 15) is 8.42 Å². The molecule has 0 bridgehead atoms. The van der Waals surface area contributed by atoms with Gasteiger partial charge in [-0.15, -0.1) is 0 Å². The Morgan fingerprint density at radius 1 is 1.40 bits per heavy atom. The van der Waals surface area contributed by atoms with Gasteiger partial charge in [0.05, 0.1) is 19.9 Å². The zero-order valence-electron chi connectivity index (χ0n) is 10.3. The minimum Gasteiger partial charge on any atom is -0.264 e. The SMILES string of the molecule is CCCC1(OS(C)(=O)=O)CC1[Si](C)(C)C. The van der Waals surface area contributed by atoms with Crippen LogP contribution in [0.4, 0.5) is 0 Å². The molecule has 0 aromatic carbocycles. The predicted molar refractivity (Wildman–Crippen MR) is 65.3 cm³/mol. The summed E-state index contributed by atoms with van der Waals surface area (Å²) in [7, 11) is -4.60. The first-order valence-electron chi connectivity index (χ1n) is 5.51. The average Bonchev–Trinajstić information content (AvgIpc) is 2.58. The Hall–Kier alpha value is 0.127. The molecule has 0 radical (unpaired) electrons. The topological polar surface area (TPSA) is 43.4 Å². The molecule has 90 valence electrons. The first kappa shape index (κ1) is 13.2. The minimum atomic E-state index is -3.31. The smallest absolute Gasteiger partial charge is 0.264 e. The van der Waals surface area contributed by atoms with Crippen molar-refractivity contribution >= 4 is 18.2 Å². The van der Waals surface area contributed by atoms with Crippen LogP contribution < -0.4 is 0 Å². The summed E-state index contributed by atoms with van der Waals surface area (Å²) in [5.41, 5.74) is 0.159. The Labute approximate surface area is 94.3 Å². The Bertz CT molecular complexity index is 331. The van der Waals surface area contributed by atoms with Crippen LogP contribution in [-0.2, 0) is 14.3 Å². The third kappa shape index (κ3) is 3.29. The Morgan fingerprint density at radius 2 is 1.93 bits per heavy atom. The molecular weight excluding hydrogens is 228 g/mol. The van der Waals surface area contributed by atoms with Crippen molar-refractivity contribution in [2.45, 2.75) is 57.0 Å². The standard InChI is InChI=1S/C10H22O3SSi/c1-6-7-10(13-14(2,11)12)8-9(10)15(3,4)5/h9H,6-8H2,1-5H3. The van der Waals surface area contributed by atoms with E-state index in [1.165, 1.54) is 0 Å². The van der Waals surface area contributed by atoms with Crippen molar-refractivity contribution in [3.8, 4) is 0 Å². The first-order valence-corrected chi connectivity index (χ1v) is 10.9. The Kier molecular flexibility index (Phi) is 3.39. The summed E-state index contributed by atoms with van der Waals surface area (Å²) >= 11 is 0. The third-order valence-corrected chi connectivity index (χ3v) is 6.52. The molecule has 3 nitrogen and oxygen atoms in total. The van der Waals surface area contributed by atoms with Crippen molar-refractivity contribution in [2.75, 3.05) is 6.26 Å². The normalized spacial score (nSPS) is 31.7. The fourth-order valence-electron chi connectivity index (χ4n) is 2.52.